The molecule has 0 radical (unpaired) electrons. The number of esters is 1. The van der Waals surface area contributed by atoms with E-state index in [-0.39, 0.29) is 25.2 Å². The zero-order valence-corrected chi connectivity index (χ0v) is 9.45. The molecule has 0 rings (SSSR count). The van der Waals surface area contributed by atoms with E-state index in [2.05, 4.69) is 0 Å². The zero-order valence-electron chi connectivity index (χ0n) is 9.45. The fraction of sp³-hybridized carbons (Fsp3) is 0.800. The van der Waals surface area contributed by atoms with Crippen molar-refractivity contribution in [3.8, 4) is 0 Å². The van der Waals surface area contributed by atoms with Crippen molar-refractivity contribution in [3.63, 3.8) is 0 Å². The highest BCUT2D eigenvalue weighted by Gasteiger charge is 2.18. The zero-order chi connectivity index (χ0) is 12.1. The van der Waals surface area contributed by atoms with Crippen LogP contribution < -0.4 is 5.73 Å². The molecule has 0 aromatic carbocycles. The van der Waals surface area contributed by atoms with Crippen molar-refractivity contribution in [3.05, 3.63) is 0 Å². The maximum atomic E-state index is 11.3. The van der Waals surface area contributed by atoms with Crippen LogP contribution in [0.4, 0.5) is 0 Å². The molecule has 5 heteroatoms. The minimum Gasteiger partial charge on any atom is -0.481 e. The van der Waals surface area contributed by atoms with Crippen molar-refractivity contribution in [1.29, 1.82) is 0 Å². The molecule has 88 valence electrons. The summed E-state index contributed by atoms with van der Waals surface area (Å²) in [5, 5.41) is 8.41. The summed E-state index contributed by atoms with van der Waals surface area (Å²) in [6, 6.07) is -0.448. The van der Waals surface area contributed by atoms with E-state index in [1.165, 1.54) is 0 Å². The van der Waals surface area contributed by atoms with Gasteiger partial charge in [0.2, 0.25) is 0 Å². The number of nitrogens with two attached hydrogens (primary N) is 1. The molecular formula is C10H19NO4. The lowest BCUT2D eigenvalue weighted by Crippen LogP contribution is -2.30. The molecular weight excluding hydrogens is 198 g/mol. The Kier molecular flexibility index (Phi) is 5.28. The maximum Gasteiger partial charge on any atom is 0.307 e. The fourth-order valence-electron chi connectivity index (χ4n) is 1.01. The number of hydrogen-bond acceptors (Lipinski definition) is 4. The predicted octanol–water partition coefficient (Wildman–Crippen LogP) is 0.910. The topological polar surface area (TPSA) is 89.6 Å². The Labute approximate surface area is 89.6 Å². The number of rotatable bonds is 5. The third kappa shape index (κ3) is 9.21. The quantitative estimate of drug-likeness (QED) is 0.668. The molecule has 3 N–H and O–H groups in total. The fourth-order valence-corrected chi connectivity index (χ4v) is 1.01. The van der Waals surface area contributed by atoms with Gasteiger partial charge in [0, 0.05) is 12.5 Å². The maximum absolute atomic E-state index is 11.3. The molecule has 0 aromatic rings. The molecule has 15 heavy (non-hydrogen) atoms. The summed E-state index contributed by atoms with van der Waals surface area (Å²) in [6.07, 6.45) is 0.323. The van der Waals surface area contributed by atoms with Crippen LogP contribution >= 0.6 is 0 Å². The van der Waals surface area contributed by atoms with E-state index < -0.39 is 17.6 Å². The lowest BCUT2D eigenvalue weighted by atomic mass is 10.1. The Morgan fingerprint density at radius 3 is 2.33 bits per heavy atom. The Balaban J connectivity index is 3.81. The van der Waals surface area contributed by atoms with Crippen molar-refractivity contribution in [1.82, 2.24) is 0 Å². The number of ether oxygens (including phenoxy) is 1. The normalized spacial score (nSPS) is 13.3. The van der Waals surface area contributed by atoms with E-state index in [0.29, 0.717) is 0 Å². The van der Waals surface area contributed by atoms with Gasteiger partial charge in [0.25, 0.3) is 0 Å². The predicted molar refractivity (Wildman–Crippen MR) is 55.3 cm³/mol. The third-order valence-electron chi connectivity index (χ3n) is 1.58. The van der Waals surface area contributed by atoms with Gasteiger partial charge in [0.15, 0.2) is 0 Å². The summed E-state index contributed by atoms with van der Waals surface area (Å²) in [5.74, 6) is -1.30. The molecule has 0 aliphatic rings. The standard InChI is InChI=1S/C10H19NO4/c1-10(2,3)15-9(14)6-7(11)4-5-8(12)13/h7H,4-6,11H2,1-3H3,(H,12,13)/t7-/m0/s1. The first-order valence-electron chi connectivity index (χ1n) is 4.90. The van der Waals surface area contributed by atoms with Crippen LogP contribution in [0.3, 0.4) is 0 Å². The van der Waals surface area contributed by atoms with Gasteiger partial charge in [0.05, 0.1) is 6.42 Å². The molecule has 0 unspecified atom stereocenters. The summed E-state index contributed by atoms with van der Waals surface area (Å²) >= 11 is 0. The highest BCUT2D eigenvalue weighted by atomic mass is 16.6. The van der Waals surface area contributed by atoms with Crippen molar-refractivity contribution < 1.29 is 19.4 Å². The lowest BCUT2D eigenvalue weighted by Gasteiger charge is -2.20. The van der Waals surface area contributed by atoms with E-state index in [4.69, 9.17) is 15.6 Å². The Hall–Kier alpha value is -1.10. The summed E-state index contributed by atoms with van der Waals surface area (Å²) in [6.45, 7) is 5.31. The average molecular weight is 217 g/mol. The number of hydrogen-bond donors (Lipinski definition) is 2. The first-order chi connectivity index (χ1) is 6.70. The monoisotopic (exact) mass is 217 g/mol. The highest BCUT2D eigenvalue weighted by Crippen LogP contribution is 2.10. The molecule has 1 atom stereocenters. The van der Waals surface area contributed by atoms with Crippen LogP contribution in [-0.2, 0) is 14.3 Å². The smallest absolute Gasteiger partial charge is 0.307 e. The molecule has 0 aromatic heterocycles. The van der Waals surface area contributed by atoms with Gasteiger partial charge in [-0.2, -0.15) is 0 Å². The van der Waals surface area contributed by atoms with Crippen molar-refractivity contribution in [2.24, 2.45) is 5.73 Å². The number of carbonyl (C=O) groups is 2. The van der Waals surface area contributed by atoms with Gasteiger partial charge in [-0.1, -0.05) is 0 Å². The van der Waals surface area contributed by atoms with Gasteiger partial charge in [-0.05, 0) is 27.2 Å². The molecule has 0 amide bonds. The van der Waals surface area contributed by atoms with E-state index in [0.717, 1.165) is 0 Å². The molecule has 0 heterocycles. The van der Waals surface area contributed by atoms with Crippen LogP contribution in [0.5, 0.6) is 0 Å². The van der Waals surface area contributed by atoms with Gasteiger partial charge in [-0.25, -0.2) is 0 Å². The average Bonchev–Trinajstić information content (AvgIpc) is 1.96. The summed E-state index contributed by atoms with van der Waals surface area (Å²) < 4.78 is 5.05. The van der Waals surface area contributed by atoms with E-state index in [1.54, 1.807) is 20.8 Å². The van der Waals surface area contributed by atoms with Crippen LogP contribution in [0, 0.1) is 0 Å². The van der Waals surface area contributed by atoms with Crippen LogP contribution in [0.25, 0.3) is 0 Å². The van der Waals surface area contributed by atoms with E-state index in [1.807, 2.05) is 0 Å². The van der Waals surface area contributed by atoms with Crippen LogP contribution in [0.15, 0.2) is 0 Å². The first-order valence-corrected chi connectivity index (χ1v) is 4.90. The van der Waals surface area contributed by atoms with Crippen LogP contribution in [0.1, 0.15) is 40.0 Å². The summed E-state index contributed by atoms with van der Waals surface area (Å²) in [4.78, 5) is 21.5. The second-order valence-corrected chi connectivity index (χ2v) is 4.48. The number of carboxylic acid groups (broad SMARTS) is 1. The Morgan fingerprint density at radius 1 is 1.40 bits per heavy atom. The number of carboxylic acids is 1. The van der Waals surface area contributed by atoms with Crippen LogP contribution in [-0.4, -0.2) is 28.7 Å². The third-order valence-corrected chi connectivity index (χ3v) is 1.58. The summed E-state index contributed by atoms with van der Waals surface area (Å²) in [5.41, 5.74) is 5.05. The van der Waals surface area contributed by atoms with Gasteiger partial charge in [-0.3, -0.25) is 9.59 Å². The molecule has 0 bridgehead atoms. The summed E-state index contributed by atoms with van der Waals surface area (Å²) in [7, 11) is 0. The van der Waals surface area contributed by atoms with Gasteiger partial charge < -0.3 is 15.6 Å². The number of aliphatic carboxylic acids is 1. The SMILES string of the molecule is CC(C)(C)OC(=O)C[C@@H](N)CCC(=O)O. The first kappa shape index (κ1) is 13.9. The number of carbonyl (C=O) groups excluding carboxylic acids is 1. The minimum atomic E-state index is -0.908. The molecule has 0 saturated heterocycles. The van der Waals surface area contributed by atoms with E-state index in [9.17, 15) is 9.59 Å². The molecule has 0 spiro atoms. The largest absolute Gasteiger partial charge is 0.481 e. The van der Waals surface area contributed by atoms with Crippen molar-refractivity contribution >= 4 is 11.9 Å². The highest BCUT2D eigenvalue weighted by molar-refractivity contribution is 5.71. The Morgan fingerprint density at radius 2 is 1.93 bits per heavy atom. The minimum absolute atomic E-state index is 0.0238. The lowest BCUT2D eigenvalue weighted by molar-refractivity contribution is -0.155. The van der Waals surface area contributed by atoms with Crippen molar-refractivity contribution in [2.45, 2.75) is 51.7 Å². The van der Waals surface area contributed by atoms with Gasteiger partial charge >= 0.3 is 11.9 Å². The molecule has 0 saturated carbocycles. The molecule has 0 aliphatic heterocycles. The van der Waals surface area contributed by atoms with Crippen molar-refractivity contribution in [2.75, 3.05) is 0 Å². The van der Waals surface area contributed by atoms with Gasteiger partial charge in [0.1, 0.15) is 5.60 Å². The van der Waals surface area contributed by atoms with E-state index >= 15 is 0 Å². The second-order valence-electron chi connectivity index (χ2n) is 4.48. The van der Waals surface area contributed by atoms with Gasteiger partial charge in [-0.15, -0.1) is 0 Å². The molecule has 5 nitrogen and oxygen atoms in total. The Bertz CT molecular complexity index is 232. The molecule has 0 fully saturated rings. The second kappa shape index (κ2) is 5.70. The molecule has 0 aliphatic carbocycles. The van der Waals surface area contributed by atoms with Crippen LogP contribution in [0.2, 0.25) is 0 Å².